The third kappa shape index (κ3) is 5.24. The summed E-state index contributed by atoms with van der Waals surface area (Å²) < 4.78 is 25.6. The van der Waals surface area contributed by atoms with Crippen molar-refractivity contribution in [2.75, 3.05) is 20.3 Å². The maximum Gasteiger partial charge on any atom is 0.251 e. The number of hydrogen-bond donors (Lipinski definition) is 3. The molecule has 2 atom stereocenters. The number of nitrogens with zero attached hydrogens (tertiary/aromatic N) is 2. The monoisotopic (exact) mass is 652 g/mol. The van der Waals surface area contributed by atoms with Gasteiger partial charge in [-0.2, -0.15) is 0 Å². The average molecular weight is 654 g/mol. The zero-order chi connectivity index (χ0) is 32.3. The van der Waals surface area contributed by atoms with Crippen molar-refractivity contribution >= 4 is 45.9 Å². The van der Waals surface area contributed by atoms with Crippen LogP contribution in [0.2, 0.25) is 10.0 Å². The summed E-state index contributed by atoms with van der Waals surface area (Å²) in [4.78, 5) is 35.6. The van der Waals surface area contributed by atoms with Crippen molar-refractivity contribution < 1.29 is 28.6 Å². The van der Waals surface area contributed by atoms with Gasteiger partial charge in [-0.1, -0.05) is 29.6 Å². The number of carbonyl (C=O) groups is 2. The third-order valence-electron chi connectivity index (χ3n) is 9.05. The number of primary amides is 1. The summed E-state index contributed by atoms with van der Waals surface area (Å²) in [5, 5.41) is 16.2. The van der Waals surface area contributed by atoms with Crippen LogP contribution in [0.5, 0.6) is 11.5 Å². The summed E-state index contributed by atoms with van der Waals surface area (Å²) >= 11 is 12.4. The number of halogens is 3. The molecule has 1 aliphatic heterocycles. The number of methoxy groups -OCH3 is 1. The molecule has 2 aromatic carbocycles. The maximum absolute atomic E-state index is 14.1. The van der Waals surface area contributed by atoms with Crippen LogP contribution in [0.25, 0.3) is 22.2 Å². The third-order valence-corrected chi connectivity index (χ3v) is 9.72. The van der Waals surface area contributed by atoms with Gasteiger partial charge in [0.25, 0.3) is 5.91 Å². The number of nitrogens with two attached hydrogens (primary N) is 1. The molecule has 234 valence electrons. The Hall–Kier alpha value is -3.99. The fraction of sp³-hybridized carbons (Fsp3) is 0.333. The molecular formula is C33H31Cl2FN4O5. The zero-order valence-electron chi connectivity index (χ0n) is 24.8. The number of hydrogen-bond acceptors (Lipinski definition) is 7. The first-order valence-corrected chi connectivity index (χ1v) is 15.2. The summed E-state index contributed by atoms with van der Waals surface area (Å²) in [6.45, 7) is 3.22. The van der Waals surface area contributed by atoms with E-state index in [-0.39, 0.29) is 41.0 Å². The summed E-state index contributed by atoms with van der Waals surface area (Å²) in [5.74, 6) is -1.22. The van der Waals surface area contributed by atoms with Gasteiger partial charge in [-0.15, -0.1) is 0 Å². The number of nitrogens with one attached hydrogen (secondary N) is 1. The molecule has 6 rings (SSSR count). The van der Waals surface area contributed by atoms with Crippen molar-refractivity contribution in [2.45, 2.75) is 44.1 Å². The molecule has 9 nitrogen and oxygen atoms in total. The van der Waals surface area contributed by atoms with Gasteiger partial charge in [0.2, 0.25) is 5.91 Å². The van der Waals surface area contributed by atoms with Crippen molar-refractivity contribution in [3.05, 3.63) is 80.8 Å². The van der Waals surface area contributed by atoms with E-state index in [9.17, 15) is 19.1 Å². The Morgan fingerprint density at radius 3 is 2.58 bits per heavy atom. The van der Waals surface area contributed by atoms with Gasteiger partial charge in [0.1, 0.15) is 46.1 Å². The van der Waals surface area contributed by atoms with E-state index in [1.807, 2.05) is 0 Å². The SMILES string of the molecule is COc1cc(C(=O)NCC(O)(c2cc3c(c(-c4ccc(F)c(Cl)c4)n2)OC[C@]3(C)C(N)=O)C2CCC2)cc2cc(Cl)c(C)nc12. The van der Waals surface area contributed by atoms with Crippen LogP contribution in [0.4, 0.5) is 4.39 Å². The van der Waals surface area contributed by atoms with Gasteiger partial charge in [-0.3, -0.25) is 9.59 Å². The van der Waals surface area contributed by atoms with Crippen LogP contribution < -0.4 is 20.5 Å². The van der Waals surface area contributed by atoms with E-state index < -0.39 is 28.6 Å². The molecule has 45 heavy (non-hydrogen) atoms. The van der Waals surface area contributed by atoms with Gasteiger partial charge in [-0.25, -0.2) is 14.4 Å². The zero-order valence-corrected chi connectivity index (χ0v) is 26.4. The normalized spacial score (nSPS) is 18.9. The van der Waals surface area contributed by atoms with Crippen LogP contribution in [0.15, 0.2) is 42.5 Å². The second-order valence-electron chi connectivity index (χ2n) is 11.9. The highest BCUT2D eigenvalue weighted by Gasteiger charge is 2.48. The Labute approximate surface area is 268 Å². The lowest BCUT2D eigenvalue weighted by Crippen LogP contribution is -2.49. The highest BCUT2D eigenvalue weighted by atomic mass is 35.5. The molecule has 0 spiro atoms. The number of rotatable bonds is 8. The summed E-state index contributed by atoms with van der Waals surface area (Å²) in [5.41, 5.74) is 5.83. The highest BCUT2D eigenvalue weighted by Crippen LogP contribution is 2.49. The second-order valence-corrected chi connectivity index (χ2v) is 12.7. The highest BCUT2D eigenvalue weighted by molar-refractivity contribution is 6.32. The number of pyridine rings is 2. The first kappa shape index (κ1) is 31.0. The van der Waals surface area contributed by atoms with E-state index in [1.165, 1.54) is 25.3 Å². The first-order chi connectivity index (χ1) is 21.4. The Kier molecular flexibility index (Phi) is 7.87. The number of amides is 2. The fourth-order valence-corrected chi connectivity index (χ4v) is 6.24. The number of ether oxygens (including phenoxy) is 2. The number of aromatic nitrogens is 2. The maximum atomic E-state index is 14.1. The Morgan fingerprint density at radius 1 is 1.18 bits per heavy atom. The quantitative estimate of drug-likeness (QED) is 0.225. The van der Waals surface area contributed by atoms with Crippen LogP contribution in [0.3, 0.4) is 0 Å². The smallest absolute Gasteiger partial charge is 0.251 e. The Morgan fingerprint density at radius 2 is 1.93 bits per heavy atom. The number of aliphatic hydroxyl groups is 1. The lowest BCUT2D eigenvalue weighted by molar-refractivity contribution is -0.123. The summed E-state index contributed by atoms with van der Waals surface area (Å²) in [7, 11) is 1.49. The number of fused-ring (bicyclic) bond motifs is 2. The second kappa shape index (κ2) is 11.4. The predicted octanol–water partition coefficient (Wildman–Crippen LogP) is 5.61. The molecule has 2 amide bonds. The minimum Gasteiger partial charge on any atom is -0.494 e. The molecule has 4 aromatic rings. The molecular weight excluding hydrogens is 622 g/mol. The molecule has 1 saturated carbocycles. The largest absolute Gasteiger partial charge is 0.494 e. The summed E-state index contributed by atoms with van der Waals surface area (Å²) in [6.07, 6.45) is 2.28. The minimum absolute atomic E-state index is 0.0362. The van der Waals surface area contributed by atoms with E-state index in [4.69, 9.17) is 43.4 Å². The summed E-state index contributed by atoms with van der Waals surface area (Å²) in [6, 6.07) is 10.7. The Balaban J connectivity index is 1.42. The number of benzene rings is 2. The van der Waals surface area contributed by atoms with Crippen molar-refractivity contribution in [3.63, 3.8) is 0 Å². The number of aryl methyl sites for hydroxylation is 1. The van der Waals surface area contributed by atoms with Gasteiger partial charge in [0.05, 0.1) is 35.1 Å². The molecule has 12 heteroatoms. The lowest BCUT2D eigenvalue weighted by atomic mass is 9.70. The van der Waals surface area contributed by atoms with E-state index in [0.717, 1.165) is 6.42 Å². The molecule has 1 aliphatic carbocycles. The topological polar surface area (TPSA) is 137 Å². The fourth-order valence-electron chi connectivity index (χ4n) is 5.90. The molecule has 4 N–H and O–H groups in total. The van der Waals surface area contributed by atoms with Crippen LogP contribution in [-0.2, 0) is 15.8 Å². The van der Waals surface area contributed by atoms with E-state index >= 15 is 0 Å². The van der Waals surface area contributed by atoms with Gasteiger partial charge >= 0.3 is 0 Å². The first-order valence-electron chi connectivity index (χ1n) is 14.5. The van der Waals surface area contributed by atoms with E-state index in [0.29, 0.717) is 57.1 Å². The van der Waals surface area contributed by atoms with Crippen molar-refractivity contribution in [3.8, 4) is 22.8 Å². The molecule has 1 fully saturated rings. The van der Waals surface area contributed by atoms with Crippen molar-refractivity contribution in [2.24, 2.45) is 11.7 Å². The van der Waals surface area contributed by atoms with Crippen molar-refractivity contribution in [1.82, 2.24) is 15.3 Å². The molecule has 1 unspecified atom stereocenters. The number of carbonyl (C=O) groups excluding carboxylic acids is 2. The van der Waals surface area contributed by atoms with Gasteiger partial charge in [-0.05, 0) is 75.1 Å². The minimum atomic E-state index is -1.63. The van der Waals surface area contributed by atoms with Crippen molar-refractivity contribution in [1.29, 1.82) is 0 Å². The average Bonchev–Trinajstić information content (AvgIpc) is 3.34. The van der Waals surface area contributed by atoms with Gasteiger partial charge < -0.3 is 25.6 Å². The van der Waals surface area contributed by atoms with E-state index in [2.05, 4.69) is 10.3 Å². The lowest BCUT2D eigenvalue weighted by Gasteiger charge is -2.41. The molecule has 0 bridgehead atoms. The Bertz CT molecular complexity index is 1880. The van der Waals surface area contributed by atoms with Crippen LogP contribution in [0.1, 0.15) is 53.5 Å². The molecule has 2 aromatic heterocycles. The molecule has 0 saturated heterocycles. The molecule has 3 heterocycles. The molecule has 2 aliphatic rings. The van der Waals surface area contributed by atoms with Gasteiger partial charge in [0, 0.05) is 22.1 Å². The van der Waals surface area contributed by atoms with Gasteiger partial charge in [0.15, 0.2) is 0 Å². The van der Waals surface area contributed by atoms with Crippen LogP contribution in [0, 0.1) is 18.7 Å². The van der Waals surface area contributed by atoms with Crippen LogP contribution >= 0.6 is 23.2 Å². The van der Waals surface area contributed by atoms with Crippen LogP contribution in [-0.4, -0.2) is 47.2 Å². The van der Waals surface area contributed by atoms with E-state index in [1.54, 1.807) is 38.1 Å². The standard InChI is InChI=1S/C33H31Cl2FN4O5/c1-16-22(34)11-18-9-19(12-25(44-3)27(18)39-16)30(41)38-14-33(43,20-5-4-6-20)26-13-21-29(45-15-32(21,2)31(37)42)28(40-26)17-7-8-24(36)23(35)10-17/h7-13,20,43H,4-6,14-15H2,1-3H3,(H2,37,42)(H,38,41)/t32-,33?/m0/s1. The predicted molar refractivity (Wildman–Crippen MR) is 168 cm³/mol. The molecule has 0 radical (unpaired) electrons.